The Bertz CT molecular complexity index is 1140. The Labute approximate surface area is 179 Å². The molecule has 2 aromatic carbocycles. The summed E-state index contributed by atoms with van der Waals surface area (Å²) in [6.07, 6.45) is 1.56. The third kappa shape index (κ3) is 4.09. The summed E-state index contributed by atoms with van der Waals surface area (Å²) in [5.74, 6) is -1.32. The smallest absolute Gasteiger partial charge is 0.336 e. The van der Waals surface area contributed by atoms with Gasteiger partial charge in [0.2, 0.25) is 5.91 Å². The largest absolute Gasteiger partial charge is 0.478 e. The molecule has 0 amide bonds. The van der Waals surface area contributed by atoms with Crippen LogP contribution < -0.4 is 5.69 Å². The maximum atomic E-state index is 12.9. The van der Waals surface area contributed by atoms with E-state index in [4.69, 9.17) is 11.6 Å². The average molecular weight is 427 g/mol. The Morgan fingerprint density at radius 1 is 1.03 bits per heavy atom. The molecule has 1 aromatic heterocycles. The van der Waals surface area contributed by atoms with Gasteiger partial charge < -0.3 is 5.11 Å². The topological polar surface area (TPSA) is 81.3 Å². The van der Waals surface area contributed by atoms with E-state index in [1.807, 2.05) is 31.2 Å². The molecule has 0 atom stereocenters. The minimum Gasteiger partial charge on any atom is -0.478 e. The first-order valence-electron chi connectivity index (χ1n) is 9.83. The summed E-state index contributed by atoms with van der Waals surface area (Å²) in [6.45, 7) is 3.95. The SMILES string of the molecule is CCCc1c(Cl)n(C(=O)CC)c(=O)n1Cc1ccc(-c2ccccc2C(=O)O)cc1. The molecule has 6 nitrogen and oxygen atoms in total. The first kappa shape index (κ1) is 21.6. The quantitative estimate of drug-likeness (QED) is 0.592. The molecule has 156 valence electrons. The highest BCUT2D eigenvalue weighted by molar-refractivity contribution is 6.31. The molecule has 0 aliphatic heterocycles. The fraction of sp³-hybridized carbons (Fsp3) is 0.261. The summed E-state index contributed by atoms with van der Waals surface area (Å²) in [7, 11) is 0. The molecule has 3 aromatic rings. The normalized spacial score (nSPS) is 10.9. The lowest BCUT2D eigenvalue weighted by atomic mass is 9.99. The number of carbonyl (C=O) groups is 2. The lowest BCUT2D eigenvalue weighted by Gasteiger charge is -2.09. The van der Waals surface area contributed by atoms with Gasteiger partial charge in [0.25, 0.3) is 0 Å². The monoisotopic (exact) mass is 426 g/mol. The van der Waals surface area contributed by atoms with Crippen molar-refractivity contribution in [2.45, 2.75) is 39.7 Å². The molecule has 0 unspecified atom stereocenters. The number of carboxylic acids is 1. The summed E-state index contributed by atoms with van der Waals surface area (Å²) in [5.41, 5.74) is 2.69. The highest BCUT2D eigenvalue weighted by Gasteiger charge is 2.21. The fourth-order valence-corrected chi connectivity index (χ4v) is 3.83. The van der Waals surface area contributed by atoms with Crippen LogP contribution in [0.4, 0.5) is 0 Å². The van der Waals surface area contributed by atoms with Gasteiger partial charge in [-0.15, -0.1) is 0 Å². The van der Waals surface area contributed by atoms with Gasteiger partial charge in [0.1, 0.15) is 5.15 Å². The number of aromatic nitrogens is 2. The van der Waals surface area contributed by atoms with E-state index >= 15 is 0 Å². The number of hydrogen-bond donors (Lipinski definition) is 1. The van der Waals surface area contributed by atoms with Gasteiger partial charge in [0.05, 0.1) is 17.8 Å². The number of benzene rings is 2. The number of aromatic carboxylic acids is 1. The van der Waals surface area contributed by atoms with Gasteiger partial charge in [-0.2, -0.15) is 0 Å². The van der Waals surface area contributed by atoms with Crippen molar-refractivity contribution in [2.75, 3.05) is 0 Å². The minimum absolute atomic E-state index is 0.181. The Morgan fingerprint density at radius 2 is 1.70 bits per heavy atom. The third-order valence-electron chi connectivity index (χ3n) is 4.98. The van der Waals surface area contributed by atoms with Crippen molar-refractivity contribution in [1.82, 2.24) is 9.13 Å². The van der Waals surface area contributed by atoms with Crippen LogP contribution in [0, 0.1) is 0 Å². The molecule has 0 fully saturated rings. The van der Waals surface area contributed by atoms with Crippen molar-refractivity contribution in [1.29, 1.82) is 0 Å². The zero-order valence-corrected chi connectivity index (χ0v) is 17.6. The Hall–Kier alpha value is -3.12. The molecule has 0 saturated carbocycles. The number of carboxylic acid groups (broad SMARTS) is 1. The van der Waals surface area contributed by atoms with Crippen LogP contribution in [0.2, 0.25) is 5.15 Å². The number of carbonyl (C=O) groups excluding carboxylic acids is 1. The van der Waals surface area contributed by atoms with E-state index in [2.05, 4.69) is 0 Å². The van der Waals surface area contributed by atoms with Crippen molar-refractivity contribution < 1.29 is 14.7 Å². The first-order chi connectivity index (χ1) is 14.4. The molecule has 0 saturated heterocycles. The molecule has 0 radical (unpaired) electrons. The zero-order valence-electron chi connectivity index (χ0n) is 16.9. The van der Waals surface area contributed by atoms with E-state index in [9.17, 15) is 19.5 Å². The van der Waals surface area contributed by atoms with Gasteiger partial charge >= 0.3 is 11.7 Å². The van der Waals surface area contributed by atoms with Gasteiger partial charge in [-0.25, -0.2) is 14.2 Å². The minimum atomic E-state index is -0.984. The lowest BCUT2D eigenvalue weighted by Crippen LogP contribution is -2.29. The van der Waals surface area contributed by atoms with E-state index in [-0.39, 0.29) is 29.6 Å². The second kappa shape index (κ2) is 9.13. The molecule has 1 heterocycles. The summed E-state index contributed by atoms with van der Waals surface area (Å²) in [6, 6.07) is 14.2. The van der Waals surface area contributed by atoms with Crippen LogP contribution in [0.5, 0.6) is 0 Å². The van der Waals surface area contributed by atoms with Gasteiger partial charge in [-0.3, -0.25) is 9.36 Å². The van der Waals surface area contributed by atoms with Crippen LogP contribution in [-0.4, -0.2) is 26.1 Å². The molecule has 0 aliphatic carbocycles. The Morgan fingerprint density at radius 3 is 2.30 bits per heavy atom. The molecular formula is C23H23ClN2O4. The highest BCUT2D eigenvalue weighted by atomic mass is 35.5. The predicted octanol–water partition coefficient (Wildman–Crippen LogP) is 4.72. The maximum absolute atomic E-state index is 12.9. The lowest BCUT2D eigenvalue weighted by molar-refractivity contribution is 0.0697. The van der Waals surface area contributed by atoms with E-state index in [1.54, 1.807) is 35.8 Å². The van der Waals surface area contributed by atoms with E-state index in [0.717, 1.165) is 22.1 Å². The highest BCUT2D eigenvalue weighted by Crippen LogP contribution is 2.25. The summed E-state index contributed by atoms with van der Waals surface area (Å²) in [5, 5.41) is 9.58. The maximum Gasteiger partial charge on any atom is 0.336 e. The molecule has 0 spiro atoms. The Balaban J connectivity index is 1.98. The van der Waals surface area contributed by atoms with Gasteiger partial charge in [-0.05, 0) is 29.2 Å². The van der Waals surface area contributed by atoms with Crippen molar-refractivity contribution in [3.63, 3.8) is 0 Å². The number of rotatable bonds is 7. The number of imidazole rings is 1. The van der Waals surface area contributed by atoms with Crippen LogP contribution in [0.25, 0.3) is 11.1 Å². The van der Waals surface area contributed by atoms with Crippen LogP contribution in [0.3, 0.4) is 0 Å². The van der Waals surface area contributed by atoms with Crippen LogP contribution in [0.1, 0.15) is 53.1 Å². The summed E-state index contributed by atoms with van der Waals surface area (Å²) < 4.78 is 2.59. The predicted molar refractivity (Wildman–Crippen MR) is 117 cm³/mol. The van der Waals surface area contributed by atoms with E-state index < -0.39 is 11.7 Å². The average Bonchev–Trinajstić information content (AvgIpc) is 2.98. The van der Waals surface area contributed by atoms with E-state index in [1.165, 1.54) is 0 Å². The fourth-order valence-electron chi connectivity index (χ4n) is 3.47. The van der Waals surface area contributed by atoms with Crippen molar-refractivity contribution in [3.8, 4) is 11.1 Å². The molecule has 30 heavy (non-hydrogen) atoms. The van der Waals surface area contributed by atoms with Crippen LogP contribution in [0.15, 0.2) is 53.3 Å². The third-order valence-corrected chi connectivity index (χ3v) is 5.37. The molecule has 0 bridgehead atoms. The molecule has 0 aliphatic rings. The van der Waals surface area contributed by atoms with Crippen molar-refractivity contribution >= 4 is 23.5 Å². The van der Waals surface area contributed by atoms with Crippen LogP contribution in [-0.2, 0) is 13.0 Å². The number of halogens is 1. The summed E-state index contributed by atoms with van der Waals surface area (Å²) in [4.78, 5) is 36.5. The number of nitrogens with zero attached hydrogens (tertiary/aromatic N) is 2. The molecule has 3 rings (SSSR count). The summed E-state index contributed by atoms with van der Waals surface area (Å²) >= 11 is 6.37. The zero-order chi connectivity index (χ0) is 21.8. The molecule has 7 heteroatoms. The number of hydrogen-bond acceptors (Lipinski definition) is 3. The van der Waals surface area contributed by atoms with Crippen LogP contribution >= 0.6 is 11.6 Å². The van der Waals surface area contributed by atoms with Gasteiger partial charge in [0, 0.05) is 6.42 Å². The second-order valence-electron chi connectivity index (χ2n) is 6.99. The van der Waals surface area contributed by atoms with Gasteiger partial charge in [-0.1, -0.05) is 74.3 Å². The molecular weight excluding hydrogens is 404 g/mol. The molecule has 1 N–H and O–H groups in total. The van der Waals surface area contributed by atoms with Gasteiger partial charge in [0.15, 0.2) is 0 Å². The van der Waals surface area contributed by atoms with Crippen molar-refractivity contribution in [3.05, 3.63) is 81.0 Å². The van der Waals surface area contributed by atoms with Crippen molar-refractivity contribution in [2.24, 2.45) is 0 Å². The standard InChI is InChI=1S/C23H23ClN2O4/c1-3-7-19-21(24)26(20(27)4-2)23(30)25(19)14-15-10-12-16(13-11-15)17-8-5-6-9-18(17)22(28)29/h5-6,8-13H,3-4,7,14H2,1-2H3,(H,28,29). The first-order valence-corrected chi connectivity index (χ1v) is 10.2. The van der Waals surface area contributed by atoms with E-state index in [0.29, 0.717) is 17.7 Å². The second-order valence-corrected chi connectivity index (χ2v) is 7.34. The Kier molecular flexibility index (Phi) is 6.57.